The minimum absolute atomic E-state index is 0.263. The van der Waals surface area contributed by atoms with E-state index < -0.39 is 37.9 Å². The maximum Gasteiger partial charge on any atom is 0.401 e. The molecule has 1 heterocycles. The first-order valence-corrected chi connectivity index (χ1v) is 7.75. The predicted octanol–water partition coefficient (Wildman–Crippen LogP) is -2.13. The van der Waals surface area contributed by atoms with Crippen molar-refractivity contribution in [2.75, 3.05) is 0 Å². The van der Waals surface area contributed by atoms with Crippen LogP contribution in [0.1, 0.15) is 12.6 Å². The molecule has 0 fully saturated rings. The molecule has 0 unspecified atom stereocenters. The maximum atomic E-state index is 10.3. The van der Waals surface area contributed by atoms with Crippen LogP contribution in [-0.4, -0.2) is 65.2 Å². The highest BCUT2D eigenvalue weighted by atomic mass is 31.2. The maximum absolute atomic E-state index is 10.3. The first-order chi connectivity index (χ1) is 10.4. The van der Waals surface area contributed by atoms with Crippen molar-refractivity contribution in [2.45, 2.75) is 31.5 Å². The van der Waals surface area contributed by atoms with Crippen molar-refractivity contribution in [2.24, 2.45) is 5.73 Å². The molecule has 12 nitrogen and oxygen atoms in total. The van der Waals surface area contributed by atoms with Crippen LogP contribution in [0.5, 0.6) is 0 Å². The van der Waals surface area contributed by atoms with Crippen LogP contribution in [0, 0.1) is 0 Å². The van der Waals surface area contributed by atoms with Gasteiger partial charge in [0.05, 0.1) is 18.1 Å². The van der Waals surface area contributed by atoms with E-state index in [0.29, 0.717) is 5.69 Å². The standard InChI is InChI=1S/C6H9N3O2.C4H10NO6P/c7-5(6(10)11)1-4-2-8-3-9-4;1-2(6)3(4(7)8)5-12(9,10)11/h2-3,5H,1,7H2,(H,8,9)(H,10,11);2-3,6H,1H3,(H,7,8)(H3,5,9,10,11)/t5-;2-,3+/m01/s1. The Kier molecular flexibility index (Phi) is 8.61. The second-order valence-corrected chi connectivity index (χ2v) is 5.79. The Morgan fingerprint density at radius 1 is 1.39 bits per heavy atom. The number of aromatic nitrogens is 2. The summed E-state index contributed by atoms with van der Waals surface area (Å²) >= 11 is 0. The van der Waals surface area contributed by atoms with Gasteiger partial charge in [0.1, 0.15) is 12.1 Å². The van der Waals surface area contributed by atoms with Gasteiger partial charge < -0.3 is 35.8 Å². The summed E-state index contributed by atoms with van der Waals surface area (Å²) in [5.41, 5.74) is 5.92. The van der Waals surface area contributed by atoms with Gasteiger partial charge in [0, 0.05) is 12.6 Å². The number of carbonyl (C=O) groups is 2. The first-order valence-electron chi connectivity index (χ1n) is 6.14. The monoisotopic (exact) mass is 354 g/mol. The number of aliphatic carboxylic acids is 2. The van der Waals surface area contributed by atoms with Crippen molar-refractivity contribution in [3.05, 3.63) is 18.2 Å². The molecular weight excluding hydrogens is 335 g/mol. The molecule has 132 valence electrons. The Morgan fingerprint density at radius 3 is 2.22 bits per heavy atom. The summed E-state index contributed by atoms with van der Waals surface area (Å²) < 4.78 is 10.3. The number of H-pyrrole nitrogens is 1. The van der Waals surface area contributed by atoms with E-state index in [1.165, 1.54) is 11.4 Å². The van der Waals surface area contributed by atoms with Crippen LogP contribution in [-0.2, 0) is 20.6 Å². The Balaban J connectivity index is 0.000000422. The number of aliphatic hydroxyl groups is 1. The fourth-order valence-corrected chi connectivity index (χ4v) is 1.95. The van der Waals surface area contributed by atoms with Crippen molar-refractivity contribution in [3.63, 3.8) is 0 Å². The van der Waals surface area contributed by atoms with Gasteiger partial charge in [0.15, 0.2) is 0 Å². The van der Waals surface area contributed by atoms with E-state index in [2.05, 4.69) is 9.97 Å². The Morgan fingerprint density at radius 2 is 1.96 bits per heavy atom. The van der Waals surface area contributed by atoms with Crippen molar-refractivity contribution in [3.8, 4) is 0 Å². The topological polar surface area (TPSA) is 219 Å². The lowest BCUT2D eigenvalue weighted by atomic mass is 10.2. The smallest absolute Gasteiger partial charge is 0.401 e. The second-order valence-electron chi connectivity index (χ2n) is 4.44. The van der Waals surface area contributed by atoms with Gasteiger partial charge in [-0.15, -0.1) is 0 Å². The van der Waals surface area contributed by atoms with Crippen LogP contribution in [0.15, 0.2) is 12.5 Å². The third-order valence-corrected chi connectivity index (χ3v) is 2.97. The van der Waals surface area contributed by atoms with Gasteiger partial charge in [0.25, 0.3) is 0 Å². The van der Waals surface area contributed by atoms with Crippen LogP contribution in [0.3, 0.4) is 0 Å². The number of carboxylic acids is 2. The van der Waals surface area contributed by atoms with E-state index in [1.807, 2.05) is 0 Å². The molecular formula is C10H19N4O8P. The molecule has 0 aliphatic rings. The summed E-state index contributed by atoms with van der Waals surface area (Å²) in [7, 11) is -4.62. The highest BCUT2D eigenvalue weighted by Crippen LogP contribution is 2.29. The number of hydrogen-bond donors (Lipinski definition) is 8. The number of nitrogens with zero attached hydrogens (tertiary/aromatic N) is 1. The molecule has 1 aromatic rings. The molecule has 0 aromatic carbocycles. The zero-order valence-corrected chi connectivity index (χ0v) is 12.9. The van der Waals surface area contributed by atoms with Gasteiger partial charge in [-0.3, -0.25) is 9.59 Å². The molecule has 23 heavy (non-hydrogen) atoms. The minimum atomic E-state index is -4.62. The summed E-state index contributed by atoms with van der Waals surface area (Å²) in [5, 5.41) is 27.0. The highest BCUT2D eigenvalue weighted by Gasteiger charge is 2.29. The third-order valence-electron chi connectivity index (χ3n) is 2.36. The molecule has 0 saturated carbocycles. The van der Waals surface area contributed by atoms with Crippen LogP contribution in [0.25, 0.3) is 0 Å². The lowest BCUT2D eigenvalue weighted by molar-refractivity contribution is -0.141. The summed E-state index contributed by atoms with van der Waals surface area (Å²) in [6.07, 6.45) is 2.00. The normalized spacial score (nSPS) is 15.0. The van der Waals surface area contributed by atoms with E-state index in [1.54, 1.807) is 6.20 Å². The average molecular weight is 354 g/mol. The number of aromatic amines is 1. The molecule has 3 atom stereocenters. The largest absolute Gasteiger partial charge is 0.480 e. The van der Waals surface area contributed by atoms with E-state index in [-0.39, 0.29) is 6.42 Å². The summed E-state index contributed by atoms with van der Waals surface area (Å²) in [6, 6.07) is -2.52. The van der Waals surface area contributed by atoms with E-state index >= 15 is 0 Å². The molecule has 13 heteroatoms. The van der Waals surface area contributed by atoms with E-state index in [0.717, 1.165) is 6.92 Å². The number of rotatable bonds is 7. The van der Waals surface area contributed by atoms with E-state index in [9.17, 15) is 14.2 Å². The molecule has 9 N–H and O–H groups in total. The lowest BCUT2D eigenvalue weighted by Gasteiger charge is -2.17. The molecule has 1 rings (SSSR count). The Hall–Kier alpha value is -1.82. The van der Waals surface area contributed by atoms with Gasteiger partial charge in [-0.05, 0) is 6.92 Å². The fraction of sp³-hybridized carbons (Fsp3) is 0.500. The van der Waals surface area contributed by atoms with Crippen molar-refractivity contribution < 1.29 is 39.3 Å². The summed E-state index contributed by atoms with van der Waals surface area (Å²) in [4.78, 5) is 43.7. The molecule has 0 aliphatic heterocycles. The Bertz CT molecular complexity index is 543. The summed E-state index contributed by atoms with van der Waals surface area (Å²) in [5.74, 6) is -2.53. The van der Waals surface area contributed by atoms with Crippen LogP contribution in [0.2, 0.25) is 0 Å². The number of imidazole rings is 1. The second kappa shape index (κ2) is 9.35. The van der Waals surface area contributed by atoms with E-state index in [4.69, 9.17) is 30.8 Å². The number of carboxylic acid groups (broad SMARTS) is 2. The minimum Gasteiger partial charge on any atom is -0.480 e. The zero-order chi connectivity index (χ0) is 18.2. The third kappa shape index (κ3) is 9.73. The van der Waals surface area contributed by atoms with Gasteiger partial charge in [0.2, 0.25) is 0 Å². The van der Waals surface area contributed by atoms with Crippen LogP contribution >= 0.6 is 7.75 Å². The van der Waals surface area contributed by atoms with Gasteiger partial charge in [-0.2, -0.15) is 0 Å². The molecule has 1 aromatic heterocycles. The number of hydrogen-bond acceptors (Lipinski definition) is 6. The average Bonchev–Trinajstić information content (AvgIpc) is 2.87. The van der Waals surface area contributed by atoms with Gasteiger partial charge in [-0.1, -0.05) is 0 Å². The SMILES string of the molecule is C[C@@H](O)[C@H](NP(=O)(O)O)C(=O)O.N[C@@H](Cc1c[nH]cn1)C(=O)O. The van der Waals surface area contributed by atoms with Crippen LogP contribution < -0.4 is 10.8 Å². The number of aliphatic hydroxyl groups excluding tert-OH is 1. The Labute approximate surface area is 130 Å². The fourth-order valence-electron chi connectivity index (χ4n) is 1.27. The highest BCUT2D eigenvalue weighted by molar-refractivity contribution is 7.49. The van der Waals surface area contributed by atoms with Gasteiger partial charge >= 0.3 is 19.7 Å². The quantitative estimate of drug-likeness (QED) is 0.247. The lowest BCUT2D eigenvalue weighted by Crippen LogP contribution is -2.42. The van der Waals surface area contributed by atoms with Crippen molar-refractivity contribution in [1.29, 1.82) is 0 Å². The molecule has 0 bridgehead atoms. The van der Waals surface area contributed by atoms with Gasteiger partial charge in [-0.25, -0.2) is 14.6 Å². The summed E-state index contributed by atoms with van der Waals surface area (Å²) in [6.45, 7) is 1.11. The first kappa shape index (κ1) is 21.2. The molecule has 0 saturated heterocycles. The number of nitrogens with one attached hydrogen (secondary N) is 2. The predicted molar refractivity (Wildman–Crippen MR) is 76.2 cm³/mol. The molecule has 0 amide bonds. The number of nitrogens with two attached hydrogens (primary N) is 1. The molecule has 0 spiro atoms. The molecule has 0 aliphatic carbocycles. The van der Waals surface area contributed by atoms with Crippen molar-refractivity contribution in [1.82, 2.24) is 15.1 Å². The zero-order valence-electron chi connectivity index (χ0n) is 12.0. The van der Waals surface area contributed by atoms with Crippen molar-refractivity contribution >= 4 is 19.7 Å². The van der Waals surface area contributed by atoms with Crippen LogP contribution in [0.4, 0.5) is 0 Å². The molecule has 0 radical (unpaired) electrons.